The lowest BCUT2D eigenvalue weighted by molar-refractivity contribution is 0.0697. The maximum Gasteiger partial charge on any atom is 0.335 e. The van der Waals surface area contributed by atoms with Gasteiger partial charge in [-0.05, 0) is 18.2 Å². The summed E-state index contributed by atoms with van der Waals surface area (Å²) in [6, 6.07) is 3.65. The van der Waals surface area contributed by atoms with Crippen LogP contribution in [0.15, 0.2) is 27.8 Å². The van der Waals surface area contributed by atoms with Crippen molar-refractivity contribution in [3.8, 4) is 0 Å². The fraction of sp³-hybridized carbons (Fsp3) is 0. The molecule has 0 saturated heterocycles. The SMILES string of the molecule is NC(=O)NN=Cc1cc(C(=O)O)ccc1Br. The minimum atomic E-state index is -1.04. The number of nitrogens with one attached hydrogen (secondary N) is 1. The Balaban J connectivity index is 2.94. The fourth-order valence-electron chi connectivity index (χ4n) is 0.941. The van der Waals surface area contributed by atoms with Crippen LogP contribution in [0.4, 0.5) is 4.79 Å². The van der Waals surface area contributed by atoms with E-state index in [1.165, 1.54) is 18.3 Å². The number of primary amides is 1. The van der Waals surface area contributed by atoms with E-state index in [1.54, 1.807) is 6.07 Å². The summed E-state index contributed by atoms with van der Waals surface area (Å²) in [4.78, 5) is 21.0. The Morgan fingerprint density at radius 1 is 1.50 bits per heavy atom. The zero-order valence-corrected chi connectivity index (χ0v) is 9.56. The van der Waals surface area contributed by atoms with Gasteiger partial charge in [0.25, 0.3) is 0 Å². The molecule has 0 spiro atoms. The number of carbonyl (C=O) groups excluding carboxylic acids is 1. The molecule has 0 radical (unpaired) electrons. The van der Waals surface area contributed by atoms with Crippen LogP contribution in [0.1, 0.15) is 15.9 Å². The second-order valence-electron chi connectivity index (χ2n) is 2.78. The summed E-state index contributed by atoms with van der Waals surface area (Å²) in [6.45, 7) is 0. The van der Waals surface area contributed by atoms with Crippen LogP contribution in [0.3, 0.4) is 0 Å². The number of halogens is 1. The van der Waals surface area contributed by atoms with Gasteiger partial charge in [-0.15, -0.1) is 0 Å². The largest absolute Gasteiger partial charge is 0.478 e. The van der Waals surface area contributed by atoms with Crippen LogP contribution >= 0.6 is 15.9 Å². The van der Waals surface area contributed by atoms with Crippen LogP contribution in [0.2, 0.25) is 0 Å². The number of nitrogens with zero attached hydrogens (tertiary/aromatic N) is 1. The average molecular weight is 286 g/mol. The molecule has 7 heteroatoms. The molecule has 1 rings (SSSR count). The number of hydrazone groups is 1. The summed E-state index contributed by atoms with van der Waals surface area (Å²) in [6.07, 6.45) is 1.29. The number of hydrogen-bond donors (Lipinski definition) is 3. The van der Waals surface area contributed by atoms with Gasteiger partial charge in [-0.1, -0.05) is 15.9 Å². The maximum atomic E-state index is 10.7. The van der Waals surface area contributed by atoms with Gasteiger partial charge < -0.3 is 10.8 Å². The molecule has 0 heterocycles. The predicted octanol–water partition coefficient (Wildman–Crippen LogP) is 1.15. The van der Waals surface area contributed by atoms with Crippen LogP contribution in [-0.2, 0) is 0 Å². The molecular formula is C9H8BrN3O3. The first kappa shape index (κ1) is 12.2. The zero-order valence-electron chi connectivity index (χ0n) is 7.98. The number of rotatable bonds is 3. The lowest BCUT2D eigenvalue weighted by atomic mass is 10.1. The second-order valence-corrected chi connectivity index (χ2v) is 3.63. The van der Waals surface area contributed by atoms with Crippen LogP contribution in [0.25, 0.3) is 0 Å². The number of benzene rings is 1. The Hall–Kier alpha value is -1.89. The van der Waals surface area contributed by atoms with Crippen molar-refractivity contribution in [1.29, 1.82) is 0 Å². The van der Waals surface area contributed by atoms with Crippen molar-refractivity contribution in [2.75, 3.05) is 0 Å². The highest BCUT2D eigenvalue weighted by atomic mass is 79.9. The number of carbonyl (C=O) groups is 2. The Morgan fingerprint density at radius 3 is 2.75 bits per heavy atom. The lowest BCUT2D eigenvalue weighted by Gasteiger charge is -2.00. The standard InChI is InChI=1S/C9H8BrN3O3/c10-7-2-1-5(8(14)15)3-6(7)4-12-13-9(11)16/h1-4H,(H,14,15)(H3,11,13,16). The second kappa shape index (κ2) is 5.26. The van der Waals surface area contributed by atoms with Gasteiger partial charge in [-0.2, -0.15) is 5.10 Å². The first-order chi connectivity index (χ1) is 7.50. The van der Waals surface area contributed by atoms with Crippen molar-refractivity contribution in [2.45, 2.75) is 0 Å². The molecule has 0 aliphatic rings. The molecular weight excluding hydrogens is 278 g/mol. The molecule has 84 valence electrons. The van der Waals surface area contributed by atoms with Gasteiger partial charge in [-0.25, -0.2) is 15.0 Å². The molecule has 0 aliphatic carbocycles. The van der Waals surface area contributed by atoms with Crippen LogP contribution in [-0.4, -0.2) is 23.3 Å². The van der Waals surface area contributed by atoms with E-state index in [0.29, 0.717) is 10.0 Å². The number of carboxylic acid groups (broad SMARTS) is 1. The van der Waals surface area contributed by atoms with Crippen molar-refractivity contribution in [3.63, 3.8) is 0 Å². The molecule has 0 unspecified atom stereocenters. The minimum Gasteiger partial charge on any atom is -0.478 e. The molecule has 4 N–H and O–H groups in total. The molecule has 0 atom stereocenters. The summed E-state index contributed by atoms with van der Waals surface area (Å²) >= 11 is 3.22. The van der Waals surface area contributed by atoms with Gasteiger partial charge in [0.2, 0.25) is 0 Å². The molecule has 0 saturated carbocycles. The molecule has 16 heavy (non-hydrogen) atoms. The third kappa shape index (κ3) is 3.35. The highest BCUT2D eigenvalue weighted by Gasteiger charge is 2.05. The maximum absolute atomic E-state index is 10.7. The first-order valence-electron chi connectivity index (χ1n) is 4.12. The number of aromatic carboxylic acids is 1. The Kier molecular flexibility index (Phi) is 4.01. The van der Waals surface area contributed by atoms with Crippen LogP contribution < -0.4 is 11.2 Å². The van der Waals surface area contributed by atoms with Gasteiger partial charge in [-0.3, -0.25) is 0 Å². The van der Waals surface area contributed by atoms with E-state index < -0.39 is 12.0 Å². The summed E-state index contributed by atoms with van der Waals surface area (Å²) in [5, 5.41) is 12.3. The first-order valence-corrected chi connectivity index (χ1v) is 4.91. The number of hydrogen-bond acceptors (Lipinski definition) is 3. The monoisotopic (exact) mass is 285 g/mol. The van der Waals surface area contributed by atoms with Crippen molar-refractivity contribution >= 4 is 34.1 Å². The molecule has 0 aromatic heterocycles. The third-order valence-corrected chi connectivity index (χ3v) is 2.34. The molecule has 1 aromatic rings. The topological polar surface area (TPSA) is 105 Å². The molecule has 0 fully saturated rings. The number of carboxylic acids is 1. The van der Waals surface area contributed by atoms with E-state index in [2.05, 4.69) is 21.0 Å². The van der Waals surface area contributed by atoms with Gasteiger partial charge >= 0.3 is 12.0 Å². The Labute approximate surface area is 99.3 Å². The van der Waals surface area contributed by atoms with E-state index in [9.17, 15) is 9.59 Å². The van der Waals surface area contributed by atoms with E-state index >= 15 is 0 Å². The molecule has 2 amide bonds. The number of amides is 2. The normalized spacial score (nSPS) is 10.3. The zero-order chi connectivity index (χ0) is 12.1. The van der Waals surface area contributed by atoms with Gasteiger partial charge in [0.15, 0.2) is 0 Å². The average Bonchev–Trinajstić information content (AvgIpc) is 2.20. The number of nitrogens with two attached hydrogens (primary N) is 1. The smallest absolute Gasteiger partial charge is 0.335 e. The van der Waals surface area contributed by atoms with E-state index in [0.717, 1.165) is 0 Å². The molecule has 0 bridgehead atoms. The summed E-state index contributed by atoms with van der Waals surface area (Å²) in [5.74, 6) is -1.04. The van der Waals surface area contributed by atoms with Gasteiger partial charge in [0.05, 0.1) is 11.8 Å². The van der Waals surface area contributed by atoms with Crippen molar-refractivity contribution in [2.24, 2.45) is 10.8 Å². The lowest BCUT2D eigenvalue weighted by Crippen LogP contribution is -2.24. The van der Waals surface area contributed by atoms with Crippen LogP contribution in [0, 0.1) is 0 Å². The molecule has 1 aromatic carbocycles. The summed E-state index contributed by atoms with van der Waals surface area (Å²) in [5.41, 5.74) is 7.46. The highest BCUT2D eigenvalue weighted by molar-refractivity contribution is 9.10. The quantitative estimate of drug-likeness (QED) is 0.573. The van der Waals surface area contributed by atoms with E-state index in [1.807, 2.05) is 5.43 Å². The van der Waals surface area contributed by atoms with Gasteiger partial charge in [0, 0.05) is 10.0 Å². The van der Waals surface area contributed by atoms with E-state index in [-0.39, 0.29) is 5.56 Å². The highest BCUT2D eigenvalue weighted by Crippen LogP contribution is 2.16. The summed E-state index contributed by atoms with van der Waals surface area (Å²) < 4.78 is 0.660. The van der Waals surface area contributed by atoms with Crippen molar-refractivity contribution in [3.05, 3.63) is 33.8 Å². The Morgan fingerprint density at radius 2 is 2.19 bits per heavy atom. The van der Waals surface area contributed by atoms with Crippen molar-refractivity contribution in [1.82, 2.24) is 5.43 Å². The summed E-state index contributed by atoms with van der Waals surface area (Å²) in [7, 11) is 0. The molecule has 0 aliphatic heterocycles. The van der Waals surface area contributed by atoms with Crippen LogP contribution in [0.5, 0.6) is 0 Å². The molecule has 6 nitrogen and oxygen atoms in total. The fourth-order valence-corrected chi connectivity index (χ4v) is 1.29. The minimum absolute atomic E-state index is 0.128. The van der Waals surface area contributed by atoms with Crippen molar-refractivity contribution < 1.29 is 14.7 Å². The predicted molar refractivity (Wildman–Crippen MR) is 61.4 cm³/mol. The van der Waals surface area contributed by atoms with E-state index in [4.69, 9.17) is 10.8 Å². The van der Waals surface area contributed by atoms with Gasteiger partial charge in [0.1, 0.15) is 0 Å². The third-order valence-electron chi connectivity index (χ3n) is 1.62. The Bertz CT molecular complexity index is 459. The number of urea groups is 1.